The van der Waals surface area contributed by atoms with Gasteiger partial charge in [0.25, 0.3) is 5.91 Å². The standard InChI is InChI=1S/C15H20N2O3S/c1-12(2)21(19,20)16-11-5-6-13-7-9-14(10-8-13)15(18)17(3)4/h7-10,12,16H,11H2,1-4H3. The molecule has 5 nitrogen and oxygen atoms in total. The van der Waals surface area contributed by atoms with Crippen molar-refractivity contribution in [2.24, 2.45) is 0 Å². The van der Waals surface area contributed by atoms with Gasteiger partial charge in [-0.2, -0.15) is 0 Å². The van der Waals surface area contributed by atoms with E-state index in [0.717, 1.165) is 5.56 Å². The van der Waals surface area contributed by atoms with Gasteiger partial charge in [0.1, 0.15) is 0 Å². The number of carbonyl (C=O) groups excluding carboxylic acids is 1. The summed E-state index contributed by atoms with van der Waals surface area (Å²) in [6.45, 7) is 3.28. The van der Waals surface area contributed by atoms with Crippen molar-refractivity contribution in [2.75, 3.05) is 20.6 Å². The van der Waals surface area contributed by atoms with E-state index in [-0.39, 0.29) is 12.5 Å². The molecule has 0 unspecified atom stereocenters. The predicted octanol–water partition coefficient (Wildman–Crippen LogP) is 1.07. The van der Waals surface area contributed by atoms with Crippen molar-refractivity contribution in [3.8, 4) is 11.8 Å². The Morgan fingerprint density at radius 3 is 2.29 bits per heavy atom. The van der Waals surface area contributed by atoms with Crippen LogP contribution < -0.4 is 4.72 Å². The Morgan fingerprint density at radius 1 is 1.24 bits per heavy atom. The molecule has 21 heavy (non-hydrogen) atoms. The Hall–Kier alpha value is -1.84. The monoisotopic (exact) mass is 308 g/mol. The number of rotatable bonds is 4. The van der Waals surface area contributed by atoms with Crippen LogP contribution in [0.5, 0.6) is 0 Å². The molecule has 0 saturated carbocycles. The van der Waals surface area contributed by atoms with Gasteiger partial charge < -0.3 is 4.90 Å². The number of hydrogen-bond donors (Lipinski definition) is 1. The molecule has 0 saturated heterocycles. The lowest BCUT2D eigenvalue weighted by Crippen LogP contribution is -2.30. The zero-order valence-electron chi connectivity index (χ0n) is 12.7. The summed E-state index contributed by atoms with van der Waals surface area (Å²) in [4.78, 5) is 13.2. The van der Waals surface area contributed by atoms with Crippen LogP contribution in [-0.4, -0.2) is 45.1 Å². The molecule has 0 spiro atoms. The first-order valence-electron chi connectivity index (χ1n) is 6.53. The molecule has 1 aromatic rings. The fourth-order valence-corrected chi connectivity index (χ4v) is 2.01. The SMILES string of the molecule is CC(C)S(=O)(=O)NCC#Cc1ccc(C(=O)N(C)C)cc1. The maximum atomic E-state index is 11.7. The molecule has 1 N–H and O–H groups in total. The summed E-state index contributed by atoms with van der Waals surface area (Å²) in [7, 11) is 0.0999. The summed E-state index contributed by atoms with van der Waals surface area (Å²) < 4.78 is 25.4. The van der Waals surface area contributed by atoms with Crippen molar-refractivity contribution in [1.82, 2.24) is 9.62 Å². The molecule has 0 fully saturated rings. The molecule has 0 aliphatic heterocycles. The largest absolute Gasteiger partial charge is 0.345 e. The number of nitrogens with one attached hydrogen (secondary N) is 1. The Kier molecular flexibility index (Phi) is 5.94. The minimum absolute atomic E-state index is 0.0683. The van der Waals surface area contributed by atoms with Crippen LogP contribution in [0.4, 0.5) is 0 Å². The van der Waals surface area contributed by atoms with Crippen LogP contribution >= 0.6 is 0 Å². The molecule has 1 amide bonds. The lowest BCUT2D eigenvalue weighted by atomic mass is 10.1. The predicted molar refractivity (Wildman–Crippen MR) is 83.4 cm³/mol. The fraction of sp³-hybridized carbons (Fsp3) is 0.400. The fourth-order valence-electron chi connectivity index (χ4n) is 1.40. The molecule has 0 bridgehead atoms. The highest BCUT2D eigenvalue weighted by Crippen LogP contribution is 2.05. The zero-order chi connectivity index (χ0) is 16.0. The topological polar surface area (TPSA) is 66.5 Å². The molecular weight excluding hydrogens is 288 g/mol. The molecule has 0 aromatic heterocycles. The summed E-state index contributed by atoms with van der Waals surface area (Å²) in [5, 5.41) is -0.476. The van der Waals surface area contributed by atoms with E-state index < -0.39 is 15.3 Å². The molecule has 0 heterocycles. The molecule has 114 valence electrons. The van der Waals surface area contributed by atoms with Crippen molar-refractivity contribution >= 4 is 15.9 Å². The molecule has 6 heteroatoms. The summed E-state index contributed by atoms with van der Waals surface area (Å²) >= 11 is 0. The maximum Gasteiger partial charge on any atom is 0.253 e. The van der Waals surface area contributed by atoms with Gasteiger partial charge in [-0.25, -0.2) is 13.1 Å². The third-order valence-corrected chi connectivity index (χ3v) is 4.54. The van der Waals surface area contributed by atoms with E-state index in [1.54, 1.807) is 52.2 Å². The normalized spacial score (nSPS) is 10.9. The minimum atomic E-state index is -3.28. The van der Waals surface area contributed by atoms with Crippen molar-refractivity contribution in [2.45, 2.75) is 19.1 Å². The van der Waals surface area contributed by atoms with Crippen LogP contribution in [-0.2, 0) is 10.0 Å². The smallest absolute Gasteiger partial charge is 0.253 e. The zero-order valence-corrected chi connectivity index (χ0v) is 13.5. The number of nitrogens with zero attached hydrogens (tertiary/aromatic N) is 1. The number of hydrogen-bond acceptors (Lipinski definition) is 3. The average Bonchev–Trinajstić information content (AvgIpc) is 2.43. The second kappa shape index (κ2) is 7.25. The van der Waals surface area contributed by atoms with E-state index in [4.69, 9.17) is 0 Å². The van der Waals surface area contributed by atoms with Gasteiger partial charge in [-0.1, -0.05) is 11.8 Å². The Labute approximate surface area is 126 Å². The minimum Gasteiger partial charge on any atom is -0.345 e. The van der Waals surface area contributed by atoms with Gasteiger partial charge >= 0.3 is 0 Å². The number of carbonyl (C=O) groups is 1. The Bertz CT molecular complexity index is 650. The van der Waals surface area contributed by atoms with Crippen LogP contribution in [0.2, 0.25) is 0 Å². The van der Waals surface area contributed by atoms with E-state index in [0.29, 0.717) is 5.56 Å². The van der Waals surface area contributed by atoms with Gasteiger partial charge in [0, 0.05) is 25.2 Å². The van der Waals surface area contributed by atoms with Gasteiger partial charge in [-0.3, -0.25) is 4.79 Å². The quantitative estimate of drug-likeness (QED) is 0.846. The average molecular weight is 308 g/mol. The van der Waals surface area contributed by atoms with Crippen molar-refractivity contribution < 1.29 is 13.2 Å². The molecule has 0 aliphatic carbocycles. The highest BCUT2D eigenvalue weighted by atomic mass is 32.2. The second-order valence-corrected chi connectivity index (χ2v) is 7.32. The first kappa shape index (κ1) is 17.2. The van der Waals surface area contributed by atoms with Crippen molar-refractivity contribution in [1.29, 1.82) is 0 Å². The van der Waals surface area contributed by atoms with Crippen LogP contribution in [0, 0.1) is 11.8 Å². The lowest BCUT2D eigenvalue weighted by molar-refractivity contribution is 0.0827. The molecule has 0 atom stereocenters. The first-order chi connectivity index (χ1) is 9.74. The summed E-state index contributed by atoms with van der Waals surface area (Å²) in [6, 6.07) is 6.87. The molecule has 1 aromatic carbocycles. The van der Waals surface area contributed by atoms with Crippen LogP contribution in [0.15, 0.2) is 24.3 Å². The summed E-state index contributed by atoms with van der Waals surface area (Å²) in [6.07, 6.45) is 0. The van der Waals surface area contributed by atoms with Crippen LogP contribution in [0.25, 0.3) is 0 Å². The van der Waals surface area contributed by atoms with E-state index in [1.807, 2.05) is 0 Å². The van der Waals surface area contributed by atoms with Crippen LogP contribution in [0.1, 0.15) is 29.8 Å². The first-order valence-corrected chi connectivity index (χ1v) is 8.07. The van der Waals surface area contributed by atoms with Gasteiger partial charge in [-0.15, -0.1) is 0 Å². The van der Waals surface area contributed by atoms with Gasteiger partial charge in [-0.05, 0) is 38.1 Å². The van der Waals surface area contributed by atoms with Crippen LogP contribution in [0.3, 0.4) is 0 Å². The molecule has 0 radical (unpaired) electrons. The van der Waals surface area contributed by atoms with Crippen molar-refractivity contribution in [3.05, 3.63) is 35.4 Å². The highest BCUT2D eigenvalue weighted by Gasteiger charge is 2.13. The van der Waals surface area contributed by atoms with Crippen molar-refractivity contribution in [3.63, 3.8) is 0 Å². The summed E-state index contributed by atoms with van der Waals surface area (Å²) in [5.41, 5.74) is 1.32. The third kappa shape index (κ3) is 5.21. The second-order valence-electron chi connectivity index (χ2n) is 4.99. The number of amides is 1. The van der Waals surface area contributed by atoms with E-state index in [9.17, 15) is 13.2 Å². The van der Waals surface area contributed by atoms with Gasteiger partial charge in [0.2, 0.25) is 10.0 Å². The third-order valence-electron chi connectivity index (χ3n) is 2.75. The van der Waals surface area contributed by atoms with Gasteiger partial charge in [0.05, 0.1) is 11.8 Å². The van der Waals surface area contributed by atoms with E-state index >= 15 is 0 Å². The van der Waals surface area contributed by atoms with Gasteiger partial charge in [0.15, 0.2) is 0 Å². The lowest BCUT2D eigenvalue weighted by Gasteiger charge is -2.09. The molecule has 0 aliphatic rings. The highest BCUT2D eigenvalue weighted by molar-refractivity contribution is 7.90. The van der Waals surface area contributed by atoms with E-state index in [2.05, 4.69) is 16.6 Å². The Morgan fingerprint density at radius 2 is 1.81 bits per heavy atom. The molecule has 1 rings (SSSR count). The Balaban J connectivity index is 2.66. The summed E-state index contributed by atoms with van der Waals surface area (Å²) in [5.74, 6) is 5.53. The maximum absolute atomic E-state index is 11.7. The number of benzene rings is 1. The number of sulfonamides is 1. The molecular formula is C15H20N2O3S. The van der Waals surface area contributed by atoms with E-state index in [1.165, 1.54) is 4.90 Å².